The minimum Gasteiger partial charge on any atom is -0.464 e. The van der Waals surface area contributed by atoms with Crippen molar-refractivity contribution in [2.24, 2.45) is 5.92 Å². The van der Waals surface area contributed by atoms with Gasteiger partial charge in [-0.05, 0) is 37.0 Å². The molecule has 4 heteroatoms. The molecule has 4 nitrogen and oxygen atoms in total. The third-order valence-electron chi connectivity index (χ3n) is 2.88. The van der Waals surface area contributed by atoms with Gasteiger partial charge in [0.1, 0.15) is 5.69 Å². The van der Waals surface area contributed by atoms with Gasteiger partial charge in [0.25, 0.3) is 0 Å². The molecule has 0 radical (unpaired) electrons. The van der Waals surface area contributed by atoms with Crippen molar-refractivity contribution in [2.75, 3.05) is 7.11 Å². The zero-order valence-electron chi connectivity index (χ0n) is 11.5. The first kappa shape index (κ1) is 14.2. The number of methoxy groups -OCH3 is 1. The summed E-state index contributed by atoms with van der Waals surface area (Å²) in [6.45, 7) is 7.41. The van der Waals surface area contributed by atoms with E-state index in [0.717, 1.165) is 16.7 Å². The highest BCUT2D eigenvalue weighted by molar-refractivity contribution is 6.01. The molecule has 1 N–H and O–H groups in total. The lowest BCUT2D eigenvalue weighted by molar-refractivity contribution is -0.113. The fourth-order valence-electron chi connectivity index (χ4n) is 2.10. The molecular formula is C14H19NO3. The average molecular weight is 249 g/mol. The molecule has 1 rings (SSSR count). The molecule has 0 aliphatic heterocycles. The van der Waals surface area contributed by atoms with Gasteiger partial charge >= 0.3 is 5.97 Å². The maximum atomic E-state index is 11.6. The largest absolute Gasteiger partial charge is 0.464 e. The SMILES string of the molecule is COC(=O)c1cc(C(C)=C(C(C)=O)C(C)C)c[nH]1. The molecule has 1 aromatic rings. The Morgan fingerprint density at radius 2 is 1.89 bits per heavy atom. The maximum Gasteiger partial charge on any atom is 0.354 e. The zero-order valence-corrected chi connectivity index (χ0v) is 11.5. The lowest BCUT2D eigenvalue weighted by Gasteiger charge is -2.11. The Morgan fingerprint density at radius 1 is 1.28 bits per heavy atom. The van der Waals surface area contributed by atoms with E-state index in [2.05, 4.69) is 9.72 Å². The number of ketones is 1. The summed E-state index contributed by atoms with van der Waals surface area (Å²) in [6.07, 6.45) is 1.72. The van der Waals surface area contributed by atoms with Gasteiger partial charge < -0.3 is 9.72 Å². The fourth-order valence-corrected chi connectivity index (χ4v) is 2.10. The topological polar surface area (TPSA) is 59.2 Å². The summed E-state index contributed by atoms with van der Waals surface area (Å²) in [5.41, 5.74) is 2.90. The first-order chi connectivity index (χ1) is 8.38. The van der Waals surface area contributed by atoms with Crippen LogP contribution in [0.5, 0.6) is 0 Å². The number of hydrogen-bond acceptors (Lipinski definition) is 3. The van der Waals surface area contributed by atoms with Gasteiger partial charge in [-0.3, -0.25) is 4.79 Å². The van der Waals surface area contributed by atoms with Gasteiger partial charge in [0.2, 0.25) is 0 Å². The number of hydrogen-bond donors (Lipinski definition) is 1. The van der Waals surface area contributed by atoms with Crippen molar-refractivity contribution < 1.29 is 14.3 Å². The standard InChI is InChI=1S/C14H19NO3/c1-8(2)13(10(4)16)9(3)11-6-12(15-7-11)14(17)18-5/h6-8,15H,1-5H3. The zero-order chi connectivity index (χ0) is 13.9. The molecule has 0 fully saturated rings. The highest BCUT2D eigenvalue weighted by Crippen LogP contribution is 2.25. The average Bonchev–Trinajstić information content (AvgIpc) is 2.76. The Balaban J connectivity index is 3.20. The number of Topliss-reactive ketones (excluding diaryl/α,β-unsaturated/α-hetero) is 1. The van der Waals surface area contributed by atoms with Crippen molar-refractivity contribution in [2.45, 2.75) is 27.7 Å². The Morgan fingerprint density at radius 3 is 2.33 bits per heavy atom. The van der Waals surface area contributed by atoms with E-state index in [-0.39, 0.29) is 11.7 Å². The third kappa shape index (κ3) is 2.88. The van der Waals surface area contributed by atoms with E-state index in [1.54, 1.807) is 19.2 Å². The van der Waals surface area contributed by atoms with Crippen LogP contribution in [0.3, 0.4) is 0 Å². The number of esters is 1. The number of aromatic nitrogens is 1. The van der Waals surface area contributed by atoms with Gasteiger partial charge in [-0.1, -0.05) is 13.8 Å². The lowest BCUT2D eigenvalue weighted by atomic mass is 9.92. The van der Waals surface area contributed by atoms with E-state index in [0.29, 0.717) is 5.69 Å². The molecule has 0 saturated heterocycles. The predicted molar refractivity (Wildman–Crippen MR) is 70.2 cm³/mol. The second-order valence-corrected chi connectivity index (χ2v) is 4.54. The van der Waals surface area contributed by atoms with Crippen LogP contribution in [0.2, 0.25) is 0 Å². The Bertz CT molecular complexity index is 495. The Labute approximate surface area is 107 Å². The summed E-state index contributed by atoms with van der Waals surface area (Å²) in [5.74, 6) is -0.203. The van der Waals surface area contributed by atoms with Crippen LogP contribution in [-0.4, -0.2) is 23.8 Å². The summed E-state index contributed by atoms with van der Waals surface area (Å²) in [6, 6.07) is 1.70. The normalized spacial score (nSPS) is 12.3. The molecule has 1 aromatic heterocycles. The van der Waals surface area contributed by atoms with Crippen LogP contribution in [0.4, 0.5) is 0 Å². The van der Waals surface area contributed by atoms with Crippen LogP contribution in [0, 0.1) is 5.92 Å². The quantitative estimate of drug-likeness (QED) is 0.659. The predicted octanol–water partition coefficient (Wildman–Crippen LogP) is 2.82. The van der Waals surface area contributed by atoms with Crippen LogP contribution in [0.15, 0.2) is 17.8 Å². The van der Waals surface area contributed by atoms with Crippen molar-refractivity contribution in [1.29, 1.82) is 0 Å². The van der Waals surface area contributed by atoms with Gasteiger partial charge in [-0.15, -0.1) is 0 Å². The molecule has 0 amide bonds. The van der Waals surface area contributed by atoms with E-state index in [1.807, 2.05) is 20.8 Å². The number of ether oxygens (including phenoxy) is 1. The molecule has 98 valence electrons. The van der Waals surface area contributed by atoms with Crippen molar-refractivity contribution in [3.63, 3.8) is 0 Å². The number of aromatic amines is 1. The van der Waals surface area contributed by atoms with E-state index < -0.39 is 5.97 Å². The molecule has 0 unspecified atom stereocenters. The van der Waals surface area contributed by atoms with Crippen LogP contribution in [0.25, 0.3) is 5.57 Å². The van der Waals surface area contributed by atoms with Crippen LogP contribution in [0.1, 0.15) is 43.7 Å². The molecule has 0 bridgehead atoms. The highest BCUT2D eigenvalue weighted by Gasteiger charge is 2.16. The molecule has 0 atom stereocenters. The molecule has 0 spiro atoms. The number of H-pyrrole nitrogens is 1. The summed E-state index contributed by atoms with van der Waals surface area (Å²) < 4.78 is 4.63. The van der Waals surface area contributed by atoms with Gasteiger partial charge in [-0.2, -0.15) is 0 Å². The van der Waals surface area contributed by atoms with Crippen LogP contribution < -0.4 is 0 Å². The van der Waals surface area contributed by atoms with E-state index >= 15 is 0 Å². The first-order valence-electron chi connectivity index (χ1n) is 5.87. The third-order valence-corrected chi connectivity index (χ3v) is 2.88. The van der Waals surface area contributed by atoms with Gasteiger partial charge in [0.15, 0.2) is 5.78 Å². The molecule has 0 saturated carbocycles. The summed E-state index contributed by atoms with van der Waals surface area (Å²) in [5, 5.41) is 0. The van der Waals surface area contributed by atoms with E-state index in [4.69, 9.17) is 0 Å². The van der Waals surface area contributed by atoms with E-state index in [1.165, 1.54) is 7.11 Å². The van der Waals surface area contributed by atoms with Crippen molar-refractivity contribution in [1.82, 2.24) is 4.98 Å². The number of rotatable bonds is 4. The maximum absolute atomic E-state index is 11.6. The fraction of sp³-hybridized carbons (Fsp3) is 0.429. The summed E-state index contributed by atoms with van der Waals surface area (Å²) in [7, 11) is 1.33. The molecule has 18 heavy (non-hydrogen) atoms. The number of nitrogens with one attached hydrogen (secondary N) is 1. The van der Waals surface area contributed by atoms with Crippen molar-refractivity contribution >= 4 is 17.3 Å². The van der Waals surface area contributed by atoms with Crippen molar-refractivity contribution in [3.05, 3.63) is 29.1 Å². The van der Waals surface area contributed by atoms with Gasteiger partial charge in [0, 0.05) is 11.8 Å². The molecule has 1 heterocycles. The van der Waals surface area contributed by atoms with Crippen molar-refractivity contribution in [3.8, 4) is 0 Å². The second-order valence-electron chi connectivity index (χ2n) is 4.54. The Kier molecular flexibility index (Phi) is 4.48. The first-order valence-corrected chi connectivity index (χ1v) is 5.87. The summed E-state index contributed by atoms with van der Waals surface area (Å²) in [4.78, 5) is 25.8. The minimum absolute atomic E-state index is 0.0586. The monoisotopic (exact) mass is 249 g/mol. The van der Waals surface area contributed by atoms with Crippen LogP contribution >= 0.6 is 0 Å². The smallest absolute Gasteiger partial charge is 0.354 e. The molecular weight excluding hydrogens is 230 g/mol. The highest BCUT2D eigenvalue weighted by atomic mass is 16.5. The van der Waals surface area contributed by atoms with Gasteiger partial charge in [0.05, 0.1) is 7.11 Å². The minimum atomic E-state index is -0.414. The number of carbonyl (C=O) groups is 2. The molecule has 0 aromatic carbocycles. The van der Waals surface area contributed by atoms with Crippen LogP contribution in [-0.2, 0) is 9.53 Å². The van der Waals surface area contributed by atoms with E-state index in [9.17, 15) is 9.59 Å². The number of allylic oxidation sites excluding steroid dienone is 2. The number of carbonyl (C=O) groups excluding carboxylic acids is 2. The second kappa shape index (κ2) is 5.67. The van der Waals surface area contributed by atoms with Gasteiger partial charge in [-0.25, -0.2) is 4.79 Å². The Hall–Kier alpha value is -1.84. The summed E-state index contributed by atoms with van der Waals surface area (Å²) >= 11 is 0. The molecule has 0 aliphatic rings. The molecule has 0 aliphatic carbocycles. The lowest BCUT2D eigenvalue weighted by Crippen LogP contribution is -2.06.